The molecular formula is C10H12N2. The normalized spacial score (nSPS) is 12.2. The highest BCUT2D eigenvalue weighted by molar-refractivity contribution is 5.71. The monoisotopic (exact) mass is 160 g/mol. The van der Waals surface area contributed by atoms with E-state index in [0.29, 0.717) is 0 Å². The number of nitrogens with one attached hydrogen (secondary N) is 1. The van der Waals surface area contributed by atoms with Crippen LogP contribution in [0, 0.1) is 0 Å². The van der Waals surface area contributed by atoms with Gasteiger partial charge in [0.15, 0.2) is 0 Å². The Kier molecular flexibility index (Phi) is 3.08. The zero-order valence-corrected chi connectivity index (χ0v) is 7.12. The van der Waals surface area contributed by atoms with Crippen LogP contribution < -0.4 is 0 Å². The van der Waals surface area contributed by atoms with Crippen molar-refractivity contribution in [1.29, 1.82) is 0 Å². The fourth-order valence-corrected chi connectivity index (χ4v) is 0.879. The van der Waals surface area contributed by atoms with Gasteiger partial charge >= 0.3 is 0 Å². The molecule has 0 saturated heterocycles. The van der Waals surface area contributed by atoms with Gasteiger partial charge in [-0.05, 0) is 13.0 Å². The average Bonchev–Trinajstić information content (AvgIpc) is 2.59. The molecule has 0 aliphatic rings. The van der Waals surface area contributed by atoms with E-state index in [2.05, 4.69) is 16.8 Å². The van der Waals surface area contributed by atoms with E-state index in [-0.39, 0.29) is 0 Å². The summed E-state index contributed by atoms with van der Waals surface area (Å²) < 4.78 is 0. The number of aromatic amines is 1. The smallest absolute Gasteiger partial charge is 0.0920 e. The highest BCUT2D eigenvalue weighted by Gasteiger charge is 1.95. The molecule has 1 N–H and O–H groups in total. The number of allylic oxidation sites excluding steroid dienone is 5. The molecular weight excluding hydrogens is 148 g/mol. The van der Waals surface area contributed by atoms with Crippen molar-refractivity contribution in [3.8, 4) is 0 Å². The third-order valence-electron chi connectivity index (χ3n) is 1.48. The van der Waals surface area contributed by atoms with Crippen molar-refractivity contribution in [3.05, 3.63) is 48.8 Å². The van der Waals surface area contributed by atoms with Gasteiger partial charge in [0.2, 0.25) is 0 Å². The summed E-state index contributed by atoms with van der Waals surface area (Å²) in [6, 6.07) is 1.91. The fourth-order valence-electron chi connectivity index (χ4n) is 0.879. The first-order valence-corrected chi connectivity index (χ1v) is 3.84. The maximum absolute atomic E-state index is 4.04. The number of H-pyrrole nitrogens is 1. The molecule has 0 amide bonds. The Balaban J connectivity index is 2.90. The van der Waals surface area contributed by atoms with Crippen LogP contribution in [0.5, 0.6) is 0 Å². The molecule has 1 rings (SSSR count). The maximum atomic E-state index is 4.04. The van der Waals surface area contributed by atoms with Crippen LogP contribution in [-0.4, -0.2) is 10.2 Å². The molecule has 2 heteroatoms. The predicted octanol–water partition coefficient (Wildman–Crippen LogP) is 2.56. The largest absolute Gasteiger partial charge is 0.285 e. The molecule has 0 saturated carbocycles. The van der Waals surface area contributed by atoms with Crippen LogP contribution in [-0.2, 0) is 0 Å². The highest BCUT2D eigenvalue weighted by atomic mass is 15.1. The number of hydrogen-bond acceptors (Lipinski definition) is 1. The lowest BCUT2D eigenvalue weighted by atomic mass is 10.2. The van der Waals surface area contributed by atoms with Crippen LogP contribution in [0.4, 0.5) is 0 Å². The fraction of sp³-hybridized carbons (Fsp3) is 0.100. The SMILES string of the molecule is C=C/C(=C\C=C/C)c1cc[nH]n1. The van der Waals surface area contributed by atoms with Crippen LogP contribution in [0.1, 0.15) is 12.6 Å². The molecule has 0 unspecified atom stereocenters. The summed E-state index contributed by atoms with van der Waals surface area (Å²) in [5.41, 5.74) is 1.94. The summed E-state index contributed by atoms with van der Waals surface area (Å²) >= 11 is 0. The molecule has 0 spiro atoms. The van der Waals surface area contributed by atoms with Gasteiger partial charge in [-0.1, -0.05) is 30.9 Å². The molecule has 62 valence electrons. The molecule has 0 fully saturated rings. The molecule has 0 aliphatic heterocycles. The third kappa shape index (κ3) is 1.95. The van der Waals surface area contributed by atoms with Crippen LogP contribution in [0.15, 0.2) is 43.1 Å². The van der Waals surface area contributed by atoms with Crippen molar-refractivity contribution in [3.63, 3.8) is 0 Å². The molecule has 1 heterocycles. The number of hydrogen-bond donors (Lipinski definition) is 1. The zero-order valence-electron chi connectivity index (χ0n) is 7.12. The van der Waals surface area contributed by atoms with Crippen molar-refractivity contribution in [1.82, 2.24) is 10.2 Å². The van der Waals surface area contributed by atoms with Crippen molar-refractivity contribution in [2.24, 2.45) is 0 Å². The van der Waals surface area contributed by atoms with Gasteiger partial charge in [0.1, 0.15) is 0 Å². The quantitative estimate of drug-likeness (QED) is 0.676. The topological polar surface area (TPSA) is 28.7 Å². The minimum absolute atomic E-state index is 0.920. The molecule has 0 bridgehead atoms. The van der Waals surface area contributed by atoms with Crippen LogP contribution >= 0.6 is 0 Å². The average molecular weight is 160 g/mol. The Morgan fingerprint density at radius 1 is 1.67 bits per heavy atom. The van der Waals surface area contributed by atoms with Crippen molar-refractivity contribution in [2.45, 2.75) is 6.92 Å². The van der Waals surface area contributed by atoms with E-state index in [4.69, 9.17) is 0 Å². The summed E-state index contributed by atoms with van der Waals surface area (Å²) in [7, 11) is 0. The summed E-state index contributed by atoms with van der Waals surface area (Å²) in [6.45, 7) is 5.69. The van der Waals surface area contributed by atoms with Gasteiger partial charge in [0.25, 0.3) is 0 Å². The molecule has 2 nitrogen and oxygen atoms in total. The van der Waals surface area contributed by atoms with E-state index in [1.54, 1.807) is 12.3 Å². The van der Waals surface area contributed by atoms with E-state index >= 15 is 0 Å². The Bertz CT molecular complexity index is 292. The van der Waals surface area contributed by atoms with Gasteiger partial charge in [0.05, 0.1) is 5.69 Å². The minimum atomic E-state index is 0.920. The van der Waals surface area contributed by atoms with Crippen molar-refractivity contribution in [2.75, 3.05) is 0 Å². The highest BCUT2D eigenvalue weighted by Crippen LogP contribution is 2.11. The van der Waals surface area contributed by atoms with Crippen molar-refractivity contribution < 1.29 is 0 Å². The zero-order chi connectivity index (χ0) is 8.81. The first kappa shape index (κ1) is 8.53. The Morgan fingerprint density at radius 3 is 3.00 bits per heavy atom. The molecule has 0 aromatic carbocycles. The standard InChI is InChI=1S/C10H12N2/c1-3-5-6-9(4-2)10-7-8-11-12-10/h3-8H,2H2,1H3,(H,11,12)/b5-3-,9-6+. The van der Waals surface area contributed by atoms with Crippen LogP contribution in [0.25, 0.3) is 5.57 Å². The lowest BCUT2D eigenvalue weighted by Gasteiger charge is -1.92. The minimum Gasteiger partial charge on any atom is -0.285 e. The Morgan fingerprint density at radius 2 is 2.50 bits per heavy atom. The second-order valence-corrected chi connectivity index (χ2v) is 2.31. The van der Waals surface area contributed by atoms with Gasteiger partial charge in [-0.15, -0.1) is 0 Å². The van der Waals surface area contributed by atoms with E-state index < -0.39 is 0 Å². The van der Waals surface area contributed by atoms with Crippen molar-refractivity contribution >= 4 is 5.57 Å². The van der Waals surface area contributed by atoms with Crippen LogP contribution in [0.2, 0.25) is 0 Å². The first-order valence-electron chi connectivity index (χ1n) is 3.84. The number of aromatic nitrogens is 2. The van der Waals surface area contributed by atoms with Crippen LogP contribution in [0.3, 0.4) is 0 Å². The van der Waals surface area contributed by atoms with E-state index in [1.807, 2.05) is 31.2 Å². The molecule has 1 aromatic heterocycles. The third-order valence-corrected chi connectivity index (χ3v) is 1.48. The Labute approximate surface area is 72.3 Å². The second kappa shape index (κ2) is 4.34. The van der Waals surface area contributed by atoms with Gasteiger partial charge in [-0.25, -0.2) is 0 Å². The summed E-state index contributed by atoms with van der Waals surface area (Å²) in [4.78, 5) is 0. The number of nitrogens with zero attached hydrogens (tertiary/aromatic N) is 1. The molecule has 1 aromatic rings. The van der Waals surface area contributed by atoms with Gasteiger partial charge in [-0.2, -0.15) is 5.10 Å². The number of rotatable bonds is 3. The lowest BCUT2D eigenvalue weighted by Crippen LogP contribution is -1.79. The maximum Gasteiger partial charge on any atom is 0.0920 e. The summed E-state index contributed by atoms with van der Waals surface area (Å²) in [5, 5.41) is 6.80. The molecule has 12 heavy (non-hydrogen) atoms. The van der Waals surface area contributed by atoms with E-state index in [0.717, 1.165) is 11.3 Å². The predicted molar refractivity (Wildman–Crippen MR) is 51.6 cm³/mol. The second-order valence-electron chi connectivity index (χ2n) is 2.31. The van der Waals surface area contributed by atoms with Gasteiger partial charge in [0, 0.05) is 11.8 Å². The summed E-state index contributed by atoms with van der Waals surface area (Å²) in [5.74, 6) is 0. The molecule has 0 radical (unpaired) electrons. The molecule has 0 atom stereocenters. The van der Waals surface area contributed by atoms with E-state index in [9.17, 15) is 0 Å². The van der Waals surface area contributed by atoms with Gasteiger partial charge in [-0.3, -0.25) is 5.10 Å². The van der Waals surface area contributed by atoms with E-state index in [1.165, 1.54) is 0 Å². The lowest BCUT2D eigenvalue weighted by molar-refractivity contribution is 1.08. The first-order chi connectivity index (χ1) is 5.88. The Hall–Kier alpha value is -1.57. The molecule has 0 aliphatic carbocycles. The van der Waals surface area contributed by atoms with Gasteiger partial charge < -0.3 is 0 Å². The summed E-state index contributed by atoms with van der Waals surface area (Å²) in [6.07, 6.45) is 9.49.